The lowest BCUT2D eigenvalue weighted by Gasteiger charge is -2.32. The van der Waals surface area contributed by atoms with E-state index in [0.717, 1.165) is 24.0 Å². The third kappa shape index (κ3) is 5.84. The summed E-state index contributed by atoms with van der Waals surface area (Å²) < 4.78 is 0. The number of aryl methyl sites for hydroxylation is 1. The monoisotopic (exact) mass is 339 g/mol. The second-order valence-corrected chi connectivity index (χ2v) is 6.18. The molecule has 1 aliphatic heterocycles. The number of hydrogen-bond donors (Lipinski definition) is 2. The first kappa shape index (κ1) is 19.5. The summed E-state index contributed by atoms with van der Waals surface area (Å²) in [7, 11) is 0. The van der Waals surface area contributed by atoms with Gasteiger partial charge in [-0.15, -0.1) is 12.4 Å². The van der Waals surface area contributed by atoms with Gasteiger partial charge in [-0.05, 0) is 38.8 Å². The van der Waals surface area contributed by atoms with E-state index >= 15 is 0 Å². The molecule has 6 heteroatoms. The number of likely N-dealkylation sites (tertiary alicyclic amines) is 1. The molecule has 2 amide bonds. The Morgan fingerprint density at radius 3 is 2.35 bits per heavy atom. The van der Waals surface area contributed by atoms with E-state index in [0.29, 0.717) is 19.5 Å². The number of amides is 2. The zero-order valence-electron chi connectivity index (χ0n) is 13.7. The molecular formula is C17H26ClN3O2. The maximum atomic E-state index is 12.4. The van der Waals surface area contributed by atoms with Crippen molar-refractivity contribution in [2.45, 2.75) is 45.2 Å². The predicted octanol–water partition coefficient (Wildman–Crippen LogP) is 1.87. The SMILES string of the molecule is Cc1ccc(C(=O)N2CCC(NC(=O)CC(C)N)CC2)cc1.Cl. The highest BCUT2D eigenvalue weighted by molar-refractivity contribution is 5.94. The maximum Gasteiger partial charge on any atom is 0.253 e. The topological polar surface area (TPSA) is 75.4 Å². The molecule has 1 unspecified atom stereocenters. The second kappa shape index (κ2) is 8.89. The zero-order chi connectivity index (χ0) is 16.1. The lowest BCUT2D eigenvalue weighted by Crippen LogP contribution is -2.47. The van der Waals surface area contributed by atoms with E-state index in [1.54, 1.807) is 0 Å². The summed E-state index contributed by atoms with van der Waals surface area (Å²) in [5.74, 6) is 0.0682. The maximum absolute atomic E-state index is 12.4. The molecule has 1 atom stereocenters. The Labute approximate surface area is 144 Å². The quantitative estimate of drug-likeness (QED) is 0.879. The average molecular weight is 340 g/mol. The van der Waals surface area contributed by atoms with E-state index in [1.165, 1.54) is 0 Å². The van der Waals surface area contributed by atoms with Gasteiger partial charge in [0.15, 0.2) is 0 Å². The molecular weight excluding hydrogens is 314 g/mol. The normalized spacial score (nSPS) is 16.4. The molecule has 1 aliphatic rings. The van der Waals surface area contributed by atoms with E-state index < -0.39 is 0 Å². The first-order valence-electron chi connectivity index (χ1n) is 7.86. The lowest BCUT2D eigenvalue weighted by atomic mass is 10.0. The lowest BCUT2D eigenvalue weighted by molar-refractivity contribution is -0.122. The molecule has 1 saturated heterocycles. The summed E-state index contributed by atoms with van der Waals surface area (Å²) in [4.78, 5) is 26.0. The van der Waals surface area contributed by atoms with Crippen LogP contribution in [-0.4, -0.2) is 41.9 Å². The Hall–Kier alpha value is -1.59. The minimum Gasteiger partial charge on any atom is -0.353 e. The van der Waals surface area contributed by atoms with Gasteiger partial charge >= 0.3 is 0 Å². The molecule has 0 spiro atoms. The largest absolute Gasteiger partial charge is 0.353 e. The first-order valence-corrected chi connectivity index (χ1v) is 7.86. The van der Waals surface area contributed by atoms with Crippen molar-refractivity contribution in [3.8, 4) is 0 Å². The van der Waals surface area contributed by atoms with Gasteiger partial charge in [-0.25, -0.2) is 0 Å². The van der Waals surface area contributed by atoms with Crippen LogP contribution in [0.4, 0.5) is 0 Å². The molecule has 1 heterocycles. The van der Waals surface area contributed by atoms with Gasteiger partial charge in [0, 0.05) is 37.2 Å². The van der Waals surface area contributed by atoms with Gasteiger partial charge in [-0.3, -0.25) is 9.59 Å². The van der Waals surface area contributed by atoms with E-state index in [1.807, 2.05) is 43.0 Å². The van der Waals surface area contributed by atoms with Crippen molar-refractivity contribution in [2.24, 2.45) is 5.73 Å². The molecule has 0 saturated carbocycles. The molecule has 3 N–H and O–H groups in total. The number of hydrogen-bond acceptors (Lipinski definition) is 3. The molecule has 1 aromatic carbocycles. The number of benzene rings is 1. The molecule has 1 fully saturated rings. The Balaban J connectivity index is 0.00000264. The fourth-order valence-electron chi connectivity index (χ4n) is 2.68. The minimum atomic E-state index is -0.122. The van der Waals surface area contributed by atoms with Crippen LogP contribution in [-0.2, 0) is 4.79 Å². The number of nitrogens with one attached hydrogen (secondary N) is 1. The number of piperidine rings is 1. The average Bonchev–Trinajstić information content (AvgIpc) is 2.47. The van der Waals surface area contributed by atoms with Crippen LogP contribution in [0.5, 0.6) is 0 Å². The Morgan fingerprint density at radius 1 is 1.26 bits per heavy atom. The van der Waals surface area contributed by atoms with Crippen molar-refractivity contribution in [3.05, 3.63) is 35.4 Å². The van der Waals surface area contributed by atoms with Crippen LogP contribution in [0.15, 0.2) is 24.3 Å². The highest BCUT2D eigenvalue weighted by Crippen LogP contribution is 2.14. The molecule has 23 heavy (non-hydrogen) atoms. The Kier molecular flexibility index (Phi) is 7.52. The van der Waals surface area contributed by atoms with Gasteiger partial charge in [0.05, 0.1) is 0 Å². The van der Waals surface area contributed by atoms with E-state index in [4.69, 9.17) is 5.73 Å². The van der Waals surface area contributed by atoms with Gasteiger partial charge < -0.3 is 16.0 Å². The second-order valence-electron chi connectivity index (χ2n) is 6.18. The number of nitrogens with two attached hydrogens (primary N) is 1. The molecule has 1 aromatic rings. The van der Waals surface area contributed by atoms with Crippen molar-refractivity contribution >= 4 is 24.2 Å². The van der Waals surface area contributed by atoms with Crippen molar-refractivity contribution in [2.75, 3.05) is 13.1 Å². The number of halogens is 1. The van der Waals surface area contributed by atoms with Crippen LogP contribution in [0.1, 0.15) is 42.1 Å². The number of carbonyl (C=O) groups excluding carboxylic acids is 2. The summed E-state index contributed by atoms with van der Waals surface area (Å²) in [6.07, 6.45) is 1.94. The van der Waals surface area contributed by atoms with E-state index in [-0.39, 0.29) is 36.3 Å². The van der Waals surface area contributed by atoms with E-state index in [9.17, 15) is 9.59 Å². The van der Waals surface area contributed by atoms with Crippen LogP contribution in [0.3, 0.4) is 0 Å². The number of carbonyl (C=O) groups is 2. The fraction of sp³-hybridized carbons (Fsp3) is 0.529. The first-order chi connectivity index (χ1) is 10.5. The summed E-state index contributed by atoms with van der Waals surface area (Å²) in [6.45, 7) is 5.18. The standard InChI is InChI=1S/C17H25N3O2.ClH/c1-12-3-5-14(6-4-12)17(22)20-9-7-15(8-10-20)19-16(21)11-13(2)18;/h3-6,13,15H,7-11,18H2,1-2H3,(H,19,21);1H. The van der Waals surface area contributed by atoms with Crippen LogP contribution in [0.2, 0.25) is 0 Å². The highest BCUT2D eigenvalue weighted by atomic mass is 35.5. The molecule has 2 rings (SSSR count). The summed E-state index contributed by atoms with van der Waals surface area (Å²) in [5, 5.41) is 3.00. The van der Waals surface area contributed by atoms with Crippen molar-refractivity contribution < 1.29 is 9.59 Å². The van der Waals surface area contributed by atoms with Gasteiger partial charge in [0.1, 0.15) is 0 Å². The predicted molar refractivity (Wildman–Crippen MR) is 93.8 cm³/mol. The Morgan fingerprint density at radius 2 is 1.83 bits per heavy atom. The highest BCUT2D eigenvalue weighted by Gasteiger charge is 2.24. The van der Waals surface area contributed by atoms with Crippen molar-refractivity contribution in [3.63, 3.8) is 0 Å². The van der Waals surface area contributed by atoms with Gasteiger partial charge in [0.2, 0.25) is 5.91 Å². The van der Waals surface area contributed by atoms with Crippen LogP contribution < -0.4 is 11.1 Å². The third-order valence-corrected chi connectivity index (χ3v) is 3.95. The third-order valence-electron chi connectivity index (χ3n) is 3.95. The molecule has 128 valence electrons. The molecule has 0 aromatic heterocycles. The van der Waals surface area contributed by atoms with Gasteiger partial charge in [-0.2, -0.15) is 0 Å². The summed E-state index contributed by atoms with van der Waals surface area (Å²) >= 11 is 0. The fourth-order valence-corrected chi connectivity index (χ4v) is 2.68. The molecule has 0 bridgehead atoms. The number of nitrogens with zero attached hydrogens (tertiary/aromatic N) is 1. The number of rotatable bonds is 4. The van der Waals surface area contributed by atoms with Crippen LogP contribution >= 0.6 is 12.4 Å². The summed E-state index contributed by atoms with van der Waals surface area (Å²) in [6, 6.07) is 7.67. The zero-order valence-corrected chi connectivity index (χ0v) is 14.6. The van der Waals surface area contributed by atoms with Gasteiger partial charge in [-0.1, -0.05) is 17.7 Å². The Bertz CT molecular complexity index is 523. The van der Waals surface area contributed by atoms with Crippen LogP contribution in [0.25, 0.3) is 0 Å². The molecule has 0 aliphatic carbocycles. The van der Waals surface area contributed by atoms with Crippen LogP contribution in [0, 0.1) is 6.92 Å². The smallest absolute Gasteiger partial charge is 0.253 e. The molecule has 5 nitrogen and oxygen atoms in total. The van der Waals surface area contributed by atoms with E-state index in [2.05, 4.69) is 5.32 Å². The minimum absolute atomic E-state index is 0. The van der Waals surface area contributed by atoms with Crippen molar-refractivity contribution in [1.82, 2.24) is 10.2 Å². The van der Waals surface area contributed by atoms with Crippen molar-refractivity contribution in [1.29, 1.82) is 0 Å². The molecule has 0 radical (unpaired) electrons. The van der Waals surface area contributed by atoms with Gasteiger partial charge in [0.25, 0.3) is 5.91 Å². The summed E-state index contributed by atoms with van der Waals surface area (Å²) in [5.41, 5.74) is 7.49.